The predicted molar refractivity (Wildman–Crippen MR) is 157 cm³/mol. The molecule has 3 N–H and O–H groups in total. The van der Waals surface area contributed by atoms with E-state index in [0.717, 1.165) is 27.8 Å². The van der Waals surface area contributed by atoms with Crippen LogP contribution in [0.25, 0.3) is 11.1 Å². The molecule has 0 aromatic heterocycles. The fraction of sp³-hybridized carbons (Fsp3) is 0.333. The summed E-state index contributed by atoms with van der Waals surface area (Å²) in [6.45, 7) is 3.34. The van der Waals surface area contributed by atoms with Gasteiger partial charge in [0, 0.05) is 12.5 Å². The van der Waals surface area contributed by atoms with E-state index in [1.54, 1.807) is 26.0 Å². The molecule has 3 aromatic carbocycles. The summed E-state index contributed by atoms with van der Waals surface area (Å²) in [6, 6.07) is 23.6. The molecule has 220 valence electrons. The van der Waals surface area contributed by atoms with E-state index < -0.39 is 41.8 Å². The van der Waals surface area contributed by atoms with Crippen molar-refractivity contribution in [3.63, 3.8) is 0 Å². The molecule has 0 saturated carbocycles. The average Bonchev–Trinajstić information content (AvgIpc) is 3.33. The molecule has 9 heteroatoms. The number of aliphatic carboxylic acids is 1. The van der Waals surface area contributed by atoms with Gasteiger partial charge in [0.1, 0.15) is 19.3 Å². The maximum atomic E-state index is 13.2. The average molecular weight is 573 g/mol. The maximum absolute atomic E-state index is 13.2. The molecule has 0 spiro atoms. The van der Waals surface area contributed by atoms with Gasteiger partial charge in [-0.25, -0.2) is 4.79 Å². The molecule has 1 aliphatic rings. The number of amides is 2. The zero-order valence-corrected chi connectivity index (χ0v) is 23.8. The van der Waals surface area contributed by atoms with Crippen LogP contribution in [0.15, 0.2) is 78.9 Å². The van der Waals surface area contributed by atoms with E-state index in [4.69, 9.17) is 9.47 Å². The van der Waals surface area contributed by atoms with Crippen molar-refractivity contribution in [2.45, 2.75) is 51.7 Å². The second kappa shape index (κ2) is 13.8. The highest BCUT2D eigenvalue weighted by atomic mass is 16.5. The lowest BCUT2D eigenvalue weighted by Gasteiger charge is -2.28. The van der Waals surface area contributed by atoms with E-state index in [-0.39, 0.29) is 25.7 Å². The third-order valence-electron chi connectivity index (χ3n) is 7.97. The second-order valence-electron chi connectivity index (χ2n) is 10.4. The van der Waals surface area contributed by atoms with Crippen LogP contribution in [0.4, 0.5) is 4.79 Å². The van der Waals surface area contributed by atoms with Crippen molar-refractivity contribution in [3.05, 3.63) is 95.6 Å². The molecule has 0 heterocycles. The highest BCUT2D eigenvalue weighted by molar-refractivity contribution is 5.90. The molecule has 1 aliphatic carbocycles. The molecule has 2 amide bonds. The van der Waals surface area contributed by atoms with Gasteiger partial charge in [0.05, 0.1) is 11.8 Å². The molecule has 0 fully saturated rings. The minimum atomic E-state index is -1.33. The molecule has 0 bridgehead atoms. The predicted octanol–water partition coefficient (Wildman–Crippen LogP) is 5.03. The first-order chi connectivity index (χ1) is 20.3. The van der Waals surface area contributed by atoms with E-state index in [1.165, 1.54) is 0 Å². The number of benzene rings is 3. The Hall–Kier alpha value is -4.66. The summed E-state index contributed by atoms with van der Waals surface area (Å²) in [7, 11) is 0. The highest BCUT2D eigenvalue weighted by Gasteiger charge is 2.37. The molecule has 0 aliphatic heterocycles. The number of carbonyl (C=O) groups excluding carboxylic acids is 3. The second-order valence-corrected chi connectivity index (χ2v) is 10.4. The molecule has 1 atom stereocenters. The summed E-state index contributed by atoms with van der Waals surface area (Å²) in [5, 5.41) is 14.9. The number of rotatable bonds is 13. The van der Waals surface area contributed by atoms with E-state index in [2.05, 4.69) is 10.6 Å². The molecular weight excluding hydrogens is 536 g/mol. The minimum absolute atomic E-state index is 0.00670. The van der Waals surface area contributed by atoms with Crippen molar-refractivity contribution in [2.24, 2.45) is 5.41 Å². The van der Waals surface area contributed by atoms with Crippen LogP contribution in [-0.4, -0.2) is 48.2 Å². The number of alkyl carbamates (subject to hydrolysis) is 1. The van der Waals surface area contributed by atoms with Gasteiger partial charge in [-0.2, -0.15) is 0 Å². The van der Waals surface area contributed by atoms with Crippen LogP contribution in [0.1, 0.15) is 55.7 Å². The van der Waals surface area contributed by atoms with E-state index in [1.807, 2.05) is 66.7 Å². The number of carbonyl (C=O) groups is 4. The van der Waals surface area contributed by atoms with Crippen LogP contribution in [0.3, 0.4) is 0 Å². The van der Waals surface area contributed by atoms with Crippen LogP contribution in [0, 0.1) is 5.41 Å². The van der Waals surface area contributed by atoms with Crippen molar-refractivity contribution in [3.8, 4) is 11.1 Å². The van der Waals surface area contributed by atoms with Crippen LogP contribution < -0.4 is 10.6 Å². The number of hydrogen-bond acceptors (Lipinski definition) is 6. The molecular formula is C33H36N2O7. The summed E-state index contributed by atoms with van der Waals surface area (Å²) >= 11 is 0. The lowest BCUT2D eigenvalue weighted by atomic mass is 9.82. The normalized spacial score (nSPS) is 12.9. The summed E-state index contributed by atoms with van der Waals surface area (Å²) in [6.07, 6.45) is -0.740. The minimum Gasteiger partial charge on any atom is -0.481 e. The Bertz CT molecular complexity index is 1370. The Morgan fingerprint density at radius 2 is 1.40 bits per heavy atom. The number of fused-ring (bicyclic) bond motifs is 3. The Balaban J connectivity index is 1.43. The topological polar surface area (TPSA) is 131 Å². The van der Waals surface area contributed by atoms with Gasteiger partial charge >= 0.3 is 18.0 Å². The molecule has 4 rings (SSSR count). The summed E-state index contributed by atoms with van der Waals surface area (Å²) in [5.74, 6) is -2.62. The van der Waals surface area contributed by atoms with Gasteiger partial charge in [-0.3, -0.25) is 14.4 Å². The summed E-state index contributed by atoms with van der Waals surface area (Å²) in [4.78, 5) is 50.8. The van der Waals surface area contributed by atoms with Gasteiger partial charge < -0.3 is 25.2 Å². The maximum Gasteiger partial charge on any atom is 0.407 e. The molecule has 9 nitrogen and oxygen atoms in total. The lowest BCUT2D eigenvalue weighted by Crippen LogP contribution is -2.51. The van der Waals surface area contributed by atoms with E-state index in [9.17, 15) is 24.3 Å². The fourth-order valence-corrected chi connectivity index (χ4v) is 5.21. The molecule has 0 unspecified atom stereocenters. The molecule has 42 heavy (non-hydrogen) atoms. The van der Waals surface area contributed by atoms with Gasteiger partial charge in [-0.05, 0) is 40.7 Å². The van der Waals surface area contributed by atoms with Crippen LogP contribution >= 0.6 is 0 Å². The Morgan fingerprint density at radius 1 is 0.833 bits per heavy atom. The quantitative estimate of drug-likeness (QED) is 0.245. The van der Waals surface area contributed by atoms with Gasteiger partial charge in [0.2, 0.25) is 5.91 Å². The zero-order valence-electron chi connectivity index (χ0n) is 23.8. The van der Waals surface area contributed by atoms with Crippen LogP contribution in [0.5, 0.6) is 0 Å². The first-order valence-corrected chi connectivity index (χ1v) is 14.1. The third-order valence-corrected chi connectivity index (χ3v) is 7.97. The number of carboxylic acids is 1. The Labute approximate surface area is 245 Å². The third kappa shape index (κ3) is 6.97. The fourth-order valence-electron chi connectivity index (χ4n) is 5.21. The summed E-state index contributed by atoms with van der Waals surface area (Å²) < 4.78 is 10.9. The van der Waals surface area contributed by atoms with E-state index in [0.29, 0.717) is 12.8 Å². The Morgan fingerprint density at radius 3 is 1.98 bits per heavy atom. The standard InChI is InChI=1S/C33H36N2O7/c1-3-33(4-2,31(38)39)21-34-30(37)28(18-29(36)41-19-22-12-6-5-7-13-22)35-32(40)42-20-27-25-16-10-8-14-23(25)24-15-9-11-17-26(24)27/h5-17,27-28H,3-4,18-21H2,1-2H3,(H,34,37)(H,35,40)(H,38,39)/t28-/m0/s1. The highest BCUT2D eigenvalue weighted by Crippen LogP contribution is 2.44. The Kier molecular flexibility index (Phi) is 9.96. The van der Waals surface area contributed by atoms with Gasteiger partial charge in [-0.1, -0.05) is 92.7 Å². The zero-order chi connectivity index (χ0) is 30.1. The largest absolute Gasteiger partial charge is 0.481 e. The van der Waals surface area contributed by atoms with Crippen LogP contribution in [-0.2, 0) is 30.5 Å². The van der Waals surface area contributed by atoms with Crippen molar-refractivity contribution < 1.29 is 33.8 Å². The smallest absolute Gasteiger partial charge is 0.407 e. The number of carboxylic acid groups (broad SMARTS) is 1. The van der Waals surface area contributed by atoms with Crippen molar-refractivity contribution in [2.75, 3.05) is 13.2 Å². The number of esters is 1. The number of nitrogens with one attached hydrogen (secondary N) is 2. The van der Waals surface area contributed by atoms with Gasteiger partial charge in [-0.15, -0.1) is 0 Å². The number of ether oxygens (including phenoxy) is 2. The van der Waals surface area contributed by atoms with Gasteiger partial charge in [0.25, 0.3) is 0 Å². The van der Waals surface area contributed by atoms with Crippen LogP contribution in [0.2, 0.25) is 0 Å². The molecule has 3 aromatic rings. The van der Waals surface area contributed by atoms with Crippen molar-refractivity contribution in [1.29, 1.82) is 0 Å². The van der Waals surface area contributed by atoms with Crippen molar-refractivity contribution in [1.82, 2.24) is 10.6 Å². The first kappa shape index (κ1) is 30.3. The molecule has 0 saturated heterocycles. The van der Waals surface area contributed by atoms with Gasteiger partial charge in [0.15, 0.2) is 0 Å². The first-order valence-electron chi connectivity index (χ1n) is 14.1. The SMILES string of the molecule is CCC(CC)(CNC(=O)[C@H](CC(=O)OCc1ccccc1)NC(=O)OCC1c2ccccc2-c2ccccc21)C(=O)O. The lowest BCUT2D eigenvalue weighted by molar-refractivity contribution is -0.150. The number of hydrogen-bond donors (Lipinski definition) is 3. The van der Waals surface area contributed by atoms with Crippen molar-refractivity contribution >= 4 is 23.9 Å². The monoisotopic (exact) mass is 572 g/mol. The summed E-state index contributed by atoms with van der Waals surface area (Å²) in [5.41, 5.74) is 3.83. The van der Waals surface area contributed by atoms with E-state index >= 15 is 0 Å². The molecule has 0 radical (unpaired) electrons.